The molecule has 0 aliphatic carbocycles. The quantitative estimate of drug-likeness (QED) is 0.260. The number of nitrogens with zero attached hydrogens (tertiary/aromatic N) is 2. The standard InChI is InChI=1S/C20H14N4.C7H7.Mo/c1-2-14-10-16-5-6-18(23-16)12-20-8-7-19(24-20)11-17-4-3-15(22-17)9-13(1)21-14;1-7-5-3-2-4-6-7;/h1-12,21,24H;3-6H,1H3;. The van der Waals surface area contributed by atoms with Crippen LogP contribution < -0.4 is 3.95 Å². The molecule has 0 fully saturated rings. The minimum absolute atomic E-state index is 0.939. The van der Waals surface area contributed by atoms with Gasteiger partial charge < -0.3 is 9.97 Å². The summed E-state index contributed by atoms with van der Waals surface area (Å²) in [6.45, 7) is 2.10. The van der Waals surface area contributed by atoms with E-state index in [1.807, 2.05) is 68.4 Å². The Bertz CT molecular complexity index is 1290. The summed E-state index contributed by atoms with van der Waals surface area (Å²) in [7, 11) is 0. The Labute approximate surface area is 197 Å². The number of hydrogen-bond donors (Lipinski definition) is 2. The molecule has 3 aromatic heterocycles. The Hall–Kier alpha value is -3.49. The molecule has 0 saturated heterocycles. The molecular weight excluding hydrogens is 476 g/mol. The third-order valence-corrected chi connectivity index (χ3v) is 5.73. The third-order valence-electron chi connectivity index (χ3n) is 5.06. The van der Waals surface area contributed by atoms with Gasteiger partial charge in [-0.05, 0) is 72.8 Å². The van der Waals surface area contributed by atoms with Crippen LogP contribution in [0.1, 0.15) is 28.3 Å². The van der Waals surface area contributed by atoms with Crippen LogP contribution in [0.3, 0.4) is 0 Å². The molecule has 4 aromatic rings. The van der Waals surface area contributed by atoms with Gasteiger partial charge in [0.1, 0.15) is 0 Å². The summed E-state index contributed by atoms with van der Waals surface area (Å²) in [5, 5.41) is 0. The van der Waals surface area contributed by atoms with Crippen LogP contribution in [0.25, 0.3) is 46.4 Å². The summed E-state index contributed by atoms with van der Waals surface area (Å²) in [4.78, 5) is 16.0. The van der Waals surface area contributed by atoms with Crippen molar-refractivity contribution < 1.29 is 19.8 Å². The molecule has 6 rings (SSSR count). The zero-order chi connectivity index (χ0) is 21.9. The van der Waals surface area contributed by atoms with Crippen LogP contribution in [0.5, 0.6) is 0 Å². The van der Waals surface area contributed by atoms with Crippen molar-refractivity contribution in [1.82, 2.24) is 19.9 Å². The van der Waals surface area contributed by atoms with Crippen molar-refractivity contribution in [1.29, 1.82) is 0 Å². The summed E-state index contributed by atoms with van der Waals surface area (Å²) >= 11 is 2.03. The van der Waals surface area contributed by atoms with Gasteiger partial charge >= 0.3 is 60.5 Å². The normalized spacial score (nSPS) is 11.8. The molecular formula is C27H21MoN4. The first-order valence-corrected chi connectivity index (χ1v) is 11.4. The number of nitrogens with one attached hydrogen (secondary N) is 2. The first-order valence-electron chi connectivity index (χ1n) is 10.4. The number of aryl methyl sites for hydroxylation is 1. The summed E-state index contributed by atoms with van der Waals surface area (Å²) in [6, 6.07) is 24.9. The molecule has 5 heterocycles. The molecule has 0 radical (unpaired) electrons. The van der Waals surface area contributed by atoms with E-state index < -0.39 is 0 Å². The molecule has 32 heavy (non-hydrogen) atoms. The van der Waals surface area contributed by atoms with Gasteiger partial charge in [0, 0.05) is 22.1 Å². The van der Waals surface area contributed by atoms with Gasteiger partial charge in [-0.1, -0.05) is 0 Å². The zero-order valence-corrected chi connectivity index (χ0v) is 19.5. The molecule has 2 aliphatic heterocycles. The number of rotatable bonds is 0. The van der Waals surface area contributed by atoms with Gasteiger partial charge in [-0.2, -0.15) is 0 Å². The fourth-order valence-electron chi connectivity index (χ4n) is 3.48. The minimum atomic E-state index is 0.939. The predicted molar refractivity (Wildman–Crippen MR) is 130 cm³/mol. The van der Waals surface area contributed by atoms with Gasteiger partial charge in [-0.15, -0.1) is 0 Å². The first kappa shape index (κ1) is 20.4. The Morgan fingerprint density at radius 3 is 1.19 bits per heavy atom. The second kappa shape index (κ2) is 8.94. The molecule has 1 aromatic carbocycles. The van der Waals surface area contributed by atoms with Gasteiger partial charge in [-0.3, -0.25) is 0 Å². The average molecular weight is 497 g/mol. The van der Waals surface area contributed by atoms with Crippen molar-refractivity contribution >= 4 is 50.3 Å². The monoisotopic (exact) mass is 499 g/mol. The van der Waals surface area contributed by atoms with E-state index in [9.17, 15) is 0 Å². The van der Waals surface area contributed by atoms with Gasteiger partial charge in [0.15, 0.2) is 0 Å². The van der Waals surface area contributed by atoms with Gasteiger partial charge in [0.2, 0.25) is 0 Å². The molecule has 0 spiro atoms. The molecule has 0 saturated carbocycles. The molecule has 0 unspecified atom stereocenters. The van der Waals surface area contributed by atoms with Crippen LogP contribution in [-0.4, -0.2) is 19.9 Å². The van der Waals surface area contributed by atoms with Gasteiger partial charge in [0.25, 0.3) is 0 Å². The molecule has 5 heteroatoms. The van der Waals surface area contributed by atoms with E-state index in [2.05, 4.69) is 75.4 Å². The second-order valence-electron chi connectivity index (χ2n) is 7.72. The van der Waals surface area contributed by atoms with E-state index in [1.165, 1.54) is 9.52 Å². The second-order valence-corrected chi connectivity index (χ2v) is 8.88. The predicted octanol–water partition coefficient (Wildman–Crippen LogP) is 5.82. The number of hydrogen-bond acceptors (Lipinski definition) is 2. The third kappa shape index (κ3) is 5.04. The fourth-order valence-corrected chi connectivity index (χ4v) is 3.82. The number of aromatic nitrogens is 4. The molecule has 0 atom stereocenters. The molecule has 155 valence electrons. The van der Waals surface area contributed by atoms with Crippen LogP contribution >= 0.6 is 0 Å². The zero-order valence-electron chi connectivity index (χ0n) is 17.5. The molecule has 8 bridgehead atoms. The van der Waals surface area contributed by atoms with E-state index in [0.29, 0.717) is 0 Å². The van der Waals surface area contributed by atoms with Crippen LogP contribution in [0, 0.1) is 6.92 Å². The maximum atomic E-state index is 4.63. The van der Waals surface area contributed by atoms with Crippen molar-refractivity contribution in [2.24, 2.45) is 0 Å². The maximum absolute atomic E-state index is 4.63. The van der Waals surface area contributed by atoms with Crippen molar-refractivity contribution in [3.63, 3.8) is 0 Å². The average Bonchev–Trinajstić information content (AvgIpc) is 3.57. The van der Waals surface area contributed by atoms with Crippen LogP contribution in [0.4, 0.5) is 0 Å². The number of benzene rings is 1. The van der Waals surface area contributed by atoms with Crippen molar-refractivity contribution in [2.75, 3.05) is 0 Å². The SMILES string of the molecule is C1=Cc2cc3ccc(cc4nc(cc5ccc(cc1n2)[nH]5)C=C4)[nH]3.Cc1cc[c]([Mo])cc1. The number of H-pyrrole nitrogens is 2. The van der Waals surface area contributed by atoms with Crippen molar-refractivity contribution in [3.8, 4) is 0 Å². The summed E-state index contributed by atoms with van der Waals surface area (Å²) in [6.07, 6.45) is 8.09. The van der Waals surface area contributed by atoms with E-state index >= 15 is 0 Å². The van der Waals surface area contributed by atoms with Gasteiger partial charge in [-0.25, -0.2) is 9.97 Å². The summed E-state index contributed by atoms with van der Waals surface area (Å²) in [5.74, 6) is 0. The Morgan fingerprint density at radius 1 is 0.531 bits per heavy atom. The summed E-state index contributed by atoms with van der Waals surface area (Å²) in [5.41, 5.74) is 9.19. The van der Waals surface area contributed by atoms with Gasteiger partial charge in [0.05, 0.1) is 22.8 Å². The molecule has 2 aliphatic rings. The molecule has 4 nitrogen and oxygen atoms in total. The van der Waals surface area contributed by atoms with Crippen LogP contribution in [0.15, 0.2) is 72.8 Å². The first-order chi connectivity index (χ1) is 15.6. The Balaban J connectivity index is 0.000000230. The molecule has 0 amide bonds. The van der Waals surface area contributed by atoms with Crippen LogP contribution in [0.2, 0.25) is 0 Å². The number of fused-ring (bicyclic) bond motifs is 8. The van der Waals surface area contributed by atoms with E-state index in [4.69, 9.17) is 0 Å². The van der Waals surface area contributed by atoms with Crippen molar-refractivity contribution in [2.45, 2.75) is 6.92 Å². The van der Waals surface area contributed by atoms with Crippen LogP contribution in [-0.2, 0) is 19.8 Å². The van der Waals surface area contributed by atoms with Crippen molar-refractivity contribution in [3.05, 3.63) is 101 Å². The Morgan fingerprint density at radius 2 is 0.875 bits per heavy atom. The van der Waals surface area contributed by atoms with E-state index in [1.54, 1.807) is 0 Å². The summed E-state index contributed by atoms with van der Waals surface area (Å²) < 4.78 is 1.34. The van der Waals surface area contributed by atoms with E-state index in [-0.39, 0.29) is 0 Å². The Kier molecular flexibility index (Phi) is 5.70. The molecule has 2 N–H and O–H groups in total. The fraction of sp³-hybridized carbons (Fsp3) is 0.0370. The topological polar surface area (TPSA) is 57.4 Å². The number of aromatic amines is 2. The van der Waals surface area contributed by atoms with E-state index in [0.717, 1.165) is 44.8 Å².